The van der Waals surface area contributed by atoms with E-state index in [0.29, 0.717) is 43.2 Å². The van der Waals surface area contributed by atoms with Crippen LogP contribution in [0.2, 0.25) is 0 Å². The van der Waals surface area contributed by atoms with Crippen LogP contribution in [0.1, 0.15) is 36.8 Å². The number of methoxy groups -OCH3 is 1. The number of hydrogen-bond acceptors (Lipinski definition) is 5. The van der Waals surface area contributed by atoms with E-state index in [2.05, 4.69) is 17.0 Å². The van der Waals surface area contributed by atoms with E-state index in [9.17, 15) is 8.42 Å². The van der Waals surface area contributed by atoms with Crippen molar-refractivity contribution in [2.75, 3.05) is 26.8 Å². The smallest absolute Gasteiger partial charge is 0.244 e. The molecule has 0 aliphatic heterocycles. The monoisotopic (exact) mass is 318 g/mol. The van der Waals surface area contributed by atoms with Crippen molar-refractivity contribution >= 4 is 10.0 Å². The molecule has 7 heteroatoms. The molecule has 0 aromatic carbocycles. The Labute approximate surface area is 127 Å². The Morgan fingerprint density at radius 2 is 1.90 bits per heavy atom. The van der Waals surface area contributed by atoms with Crippen LogP contribution < -0.4 is 10.0 Å². The van der Waals surface area contributed by atoms with Gasteiger partial charge in [-0.15, -0.1) is 0 Å². The molecule has 1 aromatic heterocycles. The van der Waals surface area contributed by atoms with Crippen LogP contribution in [0.4, 0.5) is 0 Å². The van der Waals surface area contributed by atoms with E-state index in [-0.39, 0.29) is 4.90 Å². The molecule has 0 aliphatic carbocycles. The van der Waals surface area contributed by atoms with Gasteiger partial charge < -0.3 is 14.5 Å². The molecule has 0 aliphatic rings. The van der Waals surface area contributed by atoms with Gasteiger partial charge in [0, 0.05) is 32.4 Å². The molecule has 0 atom stereocenters. The van der Waals surface area contributed by atoms with Crippen molar-refractivity contribution in [2.24, 2.45) is 0 Å². The molecule has 0 saturated carbocycles. The van der Waals surface area contributed by atoms with Gasteiger partial charge >= 0.3 is 0 Å². The first-order chi connectivity index (χ1) is 9.94. The van der Waals surface area contributed by atoms with E-state index in [0.717, 1.165) is 13.0 Å². The molecule has 21 heavy (non-hydrogen) atoms. The lowest BCUT2D eigenvalue weighted by molar-refractivity contribution is 0.196. The Balaban J connectivity index is 2.88. The normalized spacial score (nSPS) is 12.0. The largest absolute Gasteiger partial charge is 0.465 e. The van der Waals surface area contributed by atoms with Gasteiger partial charge in [0.1, 0.15) is 16.4 Å². The van der Waals surface area contributed by atoms with Crippen molar-refractivity contribution in [3.05, 3.63) is 17.1 Å². The molecule has 0 saturated heterocycles. The lowest BCUT2D eigenvalue weighted by atomic mass is 10.2. The Bertz CT molecular complexity index is 537. The number of aryl methyl sites for hydroxylation is 2. The van der Waals surface area contributed by atoms with Crippen LogP contribution in [0.5, 0.6) is 0 Å². The predicted molar refractivity (Wildman–Crippen MR) is 81.9 cm³/mol. The third kappa shape index (κ3) is 5.10. The summed E-state index contributed by atoms with van der Waals surface area (Å²) in [6.07, 6.45) is 1.63. The van der Waals surface area contributed by atoms with Crippen LogP contribution in [0.15, 0.2) is 9.31 Å². The summed E-state index contributed by atoms with van der Waals surface area (Å²) in [6.45, 7) is 7.74. The van der Waals surface area contributed by atoms with Gasteiger partial charge in [0.05, 0.1) is 0 Å². The molecule has 0 spiro atoms. The fourth-order valence-corrected chi connectivity index (χ4v) is 3.67. The van der Waals surface area contributed by atoms with E-state index in [1.807, 2.05) is 0 Å². The maximum absolute atomic E-state index is 12.4. The van der Waals surface area contributed by atoms with Crippen LogP contribution in [-0.2, 0) is 21.3 Å². The Kier molecular flexibility index (Phi) is 7.37. The maximum atomic E-state index is 12.4. The number of furan rings is 1. The van der Waals surface area contributed by atoms with Crippen LogP contribution in [0.25, 0.3) is 0 Å². The third-order valence-corrected chi connectivity index (χ3v) is 4.80. The molecule has 1 rings (SSSR count). The van der Waals surface area contributed by atoms with E-state index in [4.69, 9.17) is 9.15 Å². The number of nitrogens with one attached hydrogen (secondary N) is 2. The maximum Gasteiger partial charge on any atom is 0.244 e. The minimum absolute atomic E-state index is 0.265. The summed E-state index contributed by atoms with van der Waals surface area (Å²) in [7, 11) is -1.96. The van der Waals surface area contributed by atoms with Gasteiger partial charge in [0.25, 0.3) is 0 Å². The molecule has 1 heterocycles. The molecule has 0 fully saturated rings. The lowest BCUT2D eigenvalue weighted by Crippen LogP contribution is -2.27. The summed E-state index contributed by atoms with van der Waals surface area (Å²) >= 11 is 0. The highest BCUT2D eigenvalue weighted by molar-refractivity contribution is 7.89. The van der Waals surface area contributed by atoms with Crippen molar-refractivity contribution in [1.82, 2.24) is 10.0 Å². The second kappa shape index (κ2) is 8.53. The molecule has 0 amide bonds. The van der Waals surface area contributed by atoms with E-state index in [1.54, 1.807) is 21.0 Å². The summed E-state index contributed by atoms with van der Waals surface area (Å²) in [6, 6.07) is 0. The molecule has 122 valence electrons. The van der Waals surface area contributed by atoms with E-state index in [1.165, 1.54) is 0 Å². The summed E-state index contributed by atoms with van der Waals surface area (Å²) in [5.74, 6) is 1.08. The van der Waals surface area contributed by atoms with Gasteiger partial charge in [0.15, 0.2) is 0 Å². The van der Waals surface area contributed by atoms with Crippen molar-refractivity contribution in [1.29, 1.82) is 0 Å². The summed E-state index contributed by atoms with van der Waals surface area (Å²) in [4.78, 5) is 0.265. The van der Waals surface area contributed by atoms with Gasteiger partial charge in [0.2, 0.25) is 10.0 Å². The van der Waals surface area contributed by atoms with Gasteiger partial charge in [-0.05, 0) is 33.2 Å². The molecule has 2 N–H and O–H groups in total. The van der Waals surface area contributed by atoms with Gasteiger partial charge in [-0.25, -0.2) is 13.1 Å². The molecule has 0 unspecified atom stereocenters. The average Bonchev–Trinajstić information content (AvgIpc) is 2.70. The standard InChI is InChI=1S/C14H26N2O4S/c1-5-7-15-10-13-11(2)20-12(3)14(13)21(17,18)16-8-6-9-19-4/h15-16H,5-10H2,1-4H3. The van der Waals surface area contributed by atoms with E-state index < -0.39 is 10.0 Å². The average molecular weight is 318 g/mol. The van der Waals surface area contributed by atoms with Crippen molar-refractivity contribution in [3.63, 3.8) is 0 Å². The first-order valence-electron chi connectivity index (χ1n) is 7.22. The van der Waals surface area contributed by atoms with Crippen molar-refractivity contribution < 1.29 is 17.6 Å². The number of rotatable bonds is 10. The zero-order chi connectivity index (χ0) is 15.9. The zero-order valence-electron chi connectivity index (χ0n) is 13.3. The van der Waals surface area contributed by atoms with Gasteiger partial charge in [-0.1, -0.05) is 6.92 Å². The van der Waals surface area contributed by atoms with E-state index >= 15 is 0 Å². The Hall–Kier alpha value is -0.890. The van der Waals surface area contributed by atoms with Crippen LogP contribution in [-0.4, -0.2) is 35.2 Å². The lowest BCUT2D eigenvalue weighted by Gasteiger charge is -2.09. The van der Waals surface area contributed by atoms with Crippen LogP contribution in [0.3, 0.4) is 0 Å². The second-order valence-electron chi connectivity index (χ2n) is 4.94. The van der Waals surface area contributed by atoms with Gasteiger partial charge in [-0.2, -0.15) is 0 Å². The molecule has 0 bridgehead atoms. The first-order valence-corrected chi connectivity index (χ1v) is 8.70. The fraction of sp³-hybridized carbons (Fsp3) is 0.714. The highest BCUT2D eigenvalue weighted by Gasteiger charge is 2.26. The first kappa shape index (κ1) is 18.2. The van der Waals surface area contributed by atoms with Crippen molar-refractivity contribution in [2.45, 2.75) is 45.1 Å². The molecular formula is C14H26N2O4S. The highest BCUT2D eigenvalue weighted by atomic mass is 32.2. The van der Waals surface area contributed by atoms with Gasteiger partial charge in [-0.3, -0.25) is 0 Å². The molecular weight excluding hydrogens is 292 g/mol. The van der Waals surface area contributed by atoms with Crippen LogP contribution in [0, 0.1) is 13.8 Å². The predicted octanol–water partition coefficient (Wildman–Crippen LogP) is 1.71. The summed E-state index contributed by atoms with van der Waals surface area (Å²) < 4.78 is 37.9. The number of ether oxygens (including phenoxy) is 1. The topological polar surface area (TPSA) is 80.6 Å². The summed E-state index contributed by atoms with van der Waals surface area (Å²) in [5, 5.41) is 3.22. The Morgan fingerprint density at radius 1 is 1.19 bits per heavy atom. The molecule has 6 nitrogen and oxygen atoms in total. The highest BCUT2D eigenvalue weighted by Crippen LogP contribution is 2.26. The number of hydrogen-bond donors (Lipinski definition) is 2. The zero-order valence-corrected chi connectivity index (χ0v) is 14.1. The molecule has 1 aromatic rings. The minimum atomic E-state index is -3.56. The molecule has 0 radical (unpaired) electrons. The number of sulfonamides is 1. The minimum Gasteiger partial charge on any atom is -0.465 e. The quantitative estimate of drug-likeness (QED) is 0.642. The Morgan fingerprint density at radius 3 is 2.52 bits per heavy atom. The SMILES string of the molecule is CCCNCc1c(C)oc(C)c1S(=O)(=O)NCCCOC. The second-order valence-corrected chi connectivity index (χ2v) is 6.65. The van der Waals surface area contributed by atoms with Crippen LogP contribution >= 0.6 is 0 Å². The third-order valence-electron chi connectivity index (χ3n) is 3.14. The summed E-state index contributed by atoms with van der Waals surface area (Å²) in [5.41, 5.74) is 0.709. The fourth-order valence-electron chi connectivity index (χ4n) is 2.15. The van der Waals surface area contributed by atoms with Crippen molar-refractivity contribution in [3.8, 4) is 0 Å².